The first-order valence-corrected chi connectivity index (χ1v) is 10.2. The number of hydrogen-bond donors (Lipinski definition) is 3. The van der Waals surface area contributed by atoms with Crippen molar-refractivity contribution in [3.05, 3.63) is 52.0 Å². The summed E-state index contributed by atoms with van der Waals surface area (Å²) in [4.78, 5) is 12.0. The van der Waals surface area contributed by atoms with Gasteiger partial charge in [0.25, 0.3) is 16.1 Å². The fourth-order valence-corrected chi connectivity index (χ4v) is 3.19. The normalized spacial score (nSPS) is 12.0. The average molecular weight is 424 g/mol. The van der Waals surface area contributed by atoms with Crippen LogP contribution in [0.2, 0.25) is 10.0 Å². The highest BCUT2D eigenvalue weighted by molar-refractivity contribution is 7.89. The molecule has 0 heterocycles. The zero-order chi connectivity index (χ0) is 19.0. The van der Waals surface area contributed by atoms with Crippen LogP contribution in [-0.4, -0.2) is 22.7 Å². The molecule has 0 bridgehead atoms. The van der Waals surface area contributed by atoms with Crippen LogP contribution in [0, 0.1) is 0 Å². The zero-order valence-corrected chi connectivity index (χ0v) is 15.4. The van der Waals surface area contributed by atoms with Gasteiger partial charge in [0.1, 0.15) is 0 Å². The Morgan fingerprint density at radius 2 is 1.44 bits per heavy atom. The number of hydrogen-bond acceptors (Lipinski definition) is 5. The third-order valence-corrected chi connectivity index (χ3v) is 5.16. The van der Waals surface area contributed by atoms with Gasteiger partial charge in [0.2, 0.25) is 10.0 Å². The largest absolute Gasteiger partial charge is 0.298 e. The number of nitrogens with two attached hydrogens (primary N) is 2. The van der Waals surface area contributed by atoms with Gasteiger partial charge in [-0.1, -0.05) is 35.3 Å². The Hall–Kier alpha value is -1.69. The van der Waals surface area contributed by atoms with Crippen molar-refractivity contribution >= 4 is 49.3 Å². The molecule has 8 nitrogen and oxygen atoms in total. The molecule has 2 aromatic carbocycles. The van der Waals surface area contributed by atoms with Crippen molar-refractivity contribution in [2.45, 2.75) is 4.90 Å². The number of carbonyl (C=O) groups is 1. The first-order chi connectivity index (χ1) is 11.4. The topological polar surface area (TPSA) is 149 Å². The summed E-state index contributed by atoms with van der Waals surface area (Å²) < 4.78 is 46.4. The summed E-state index contributed by atoms with van der Waals surface area (Å²) in [7, 11) is -8.18. The molecule has 0 atom stereocenters. The van der Waals surface area contributed by atoms with Crippen LogP contribution in [0.3, 0.4) is 0 Å². The van der Waals surface area contributed by atoms with Gasteiger partial charge in [-0.25, -0.2) is 23.4 Å². The molecule has 134 valence electrons. The highest BCUT2D eigenvalue weighted by atomic mass is 35.5. The van der Waals surface area contributed by atoms with E-state index in [-0.39, 0.29) is 26.1 Å². The third-order valence-electron chi connectivity index (χ3n) is 3.03. The van der Waals surface area contributed by atoms with Gasteiger partial charge in [-0.2, -0.15) is 8.42 Å². The molecule has 0 unspecified atom stereocenters. The van der Waals surface area contributed by atoms with Crippen LogP contribution in [0.1, 0.15) is 10.4 Å². The molecule has 0 aliphatic heterocycles. The molecular weight excluding hydrogens is 413 g/mol. The van der Waals surface area contributed by atoms with Crippen molar-refractivity contribution in [3.8, 4) is 11.1 Å². The maximum absolute atomic E-state index is 12.2. The molecule has 1 amide bonds. The van der Waals surface area contributed by atoms with Crippen molar-refractivity contribution in [3.63, 3.8) is 0 Å². The van der Waals surface area contributed by atoms with E-state index in [1.165, 1.54) is 36.4 Å². The van der Waals surface area contributed by atoms with Crippen molar-refractivity contribution in [2.75, 3.05) is 0 Å². The molecule has 2 rings (SSSR count). The third kappa shape index (κ3) is 4.91. The predicted molar refractivity (Wildman–Crippen MR) is 93.8 cm³/mol. The minimum Gasteiger partial charge on any atom is -0.268 e. The van der Waals surface area contributed by atoms with Crippen LogP contribution in [0.4, 0.5) is 0 Å². The standard InChI is InChI=1S/C13H11Cl2N3O5S2/c14-11-5-9(7-1-3-8(4-2-7)24(16,20)21)10(6-12(11)15)13(19)18-25(17,22)23/h1-6H,(H,18,19)(H2,16,20,21)(H2,17,22,23). The Labute approximate surface area is 154 Å². The Balaban J connectivity index is 2.60. The lowest BCUT2D eigenvalue weighted by atomic mass is 9.99. The number of amides is 1. The number of carbonyl (C=O) groups excluding carboxylic acids is 1. The second-order valence-corrected chi connectivity index (χ2v) is 8.53. The van der Waals surface area contributed by atoms with Crippen molar-refractivity contribution in [1.29, 1.82) is 0 Å². The minimum absolute atomic E-state index is 0.0196. The van der Waals surface area contributed by atoms with E-state index in [9.17, 15) is 21.6 Å². The van der Waals surface area contributed by atoms with Crippen LogP contribution >= 0.6 is 23.2 Å². The first-order valence-electron chi connectivity index (χ1n) is 6.35. The molecule has 0 saturated carbocycles. The number of nitrogens with one attached hydrogen (secondary N) is 1. The minimum atomic E-state index is -4.29. The number of halogens is 2. The van der Waals surface area contributed by atoms with Gasteiger partial charge in [-0.05, 0) is 35.4 Å². The smallest absolute Gasteiger partial charge is 0.268 e. The first kappa shape index (κ1) is 19.6. The van der Waals surface area contributed by atoms with Crippen molar-refractivity contribution in [2.24, 2.45) is 10.3 Å². The van der Waals surface area contributed by atoms with Crippen LogP contribution in [-0.2, 0) is 20.2 Å². The monoisotopic (exact) mass is 423 g/mol. The summed E-state index contributed by atoms with van der Waals surface area (Å²) in [6, 6.07) is 7.74. The van der Waals surface area contributed by atoms with E-state index in [1.54, 1.807) is 4.72 Å². The Morgan fingerprint density at radius 3 is 1.92 bits per heavy atom. The van der Waals surface area contributed by atoms with Crippen molar-refractivity contribution < 1.29 is 21.6 Å². The molecule has 25 heavy (non-hydrogen) atoms. The maximum atomic E-state index is 12.2. The maximum Gasteiger partial charge on any atom is 0.298 e. The highest BCUT2D eigenvalue weighted by Crippen LogP contribution is 2.33. The lowest BCUT2D eigenvalue weighted by Crippen LogP contribution is -2.36. The molecule has 5 N–H and O–H groups in total. The van der Waals surface area contributed by atoms with Gasteiger partial charge in [0.15, 0.2) is 0 Å². The Morgan fingerprint density at radius 1 is 0.920 bits per heavy atom. The molecule has 12 heteroatoms. The lowest BCUT2D eigenvalue weighted by Gasteiger charge is -2.12. The number of sulfonamides is 1. The van der Waals surface area contributed by atoms with E-state index in [2.05, 4.69) is 0 Å². The Kier molecular flexibility index (Phi) is 5.42. The van der Waals surface area contributed by atoms with Gasteiger partial charge in [-0.15, -0.1) is 0 Å². The van der Waals surface area contributed by atoms with Crippen LogP contribution < -0.4 is 15.0 Å². The lowest BCUT2D eigenvalue weighted by molar-refractivity contribution is 0.0982. The number of benzene rings is 2. The average Bonchev–Trinajstić information content (AvgIpc) is 2.47. The summed E-state index contributed by atoms with van der Waals surface area (Å²) in [5.74, 6) is -1.02. The van der Waals surface area contributed by atoms with E-state index in [0.717, 1.165) is 0 Å². The highest BCUT2D eigenvalue weighted by Gasteiger charge is 2.19. The second kappa shape index (κ2) is 6.90. The quantitative estimate of drug-likeness (QED) is 0.675. The van der Waals surface area contributed by atoms with E-state index in [4.69, 9.17) is 33.5 Å². The fourth-order valence-electron chi connectivity index (χ4n) is 1.98. The zero-order valence-electron chi connectivity index (χ0n) is 12.2. The summed E-state index contributed by atoms with van der Waals surface area (Å²) in [5, 5.41) is 9.95. The van der Waals surface area contributed by atoms with E-state index < -0.39 is 26.1 Å². The van der Waals surface area contributed by atoms with Gasteiger partial charge in [0, 0.05) is 5.56 Å². The SMILES string of the molecule is NS(=O)(=O)NC(=O)c1cc(Cl)c(Cl)cc1-c1ccc(S(N)(=O)=O)cc1. The second-order valence-electron chi connectivity index (χ2n) is 4.86. The summed E-state index contributed by atoms with van der Waals surface area (Å²) >= 11 is 11.8. The molecule has 0 spiro atoms. The van der Waals surface area contributed by atoms with Gasteiger partial charge >= 0.3 is 0 Å². The predicted octanol–water partition coefficient (Wildman–Crippen LogP) is 1.24. The van der Waals surface area contributed by atoms with Crippen LogP contribution in [0.15, 0.2) is 41.3 Å². The molecule has 0 radical (unpaired) electrons. The van der Waals surface area contributed by atoms with Gasteiger partial charge < -0.3 is 0 Å². The van der Waals surface area contributed by atoms with E-state index in [1.807, 2.05) is 0 Å². The summed E-state index contributed by atoms with van der Waals surface area (Å²) in [6.07, 6.45) is 0. The van der Waals surface area contributed by atoms with Crippen LogP contribution in [0.25, 0.3) is 11.1 Å². The van der Waals surface area contributed by atoms with Gasteiger partial charge in [0.05, 0.1) is 14.9 Å². The molecule has 0 saturated heterocycles. The summed E-state index contributed by atoms with van der Waals surface area (Å²) in [6.45, 7) is 0. The van der Waals surface area contributed by atoms with Crippen LogP contribution in [0.5, 0.6) is 0 Å². The molecule has 0 aromatic heterocycles. The molecule has 0 fully saturated rings. The Bertz CT molecular complexity index is 1050. The number of rotatable bonds is 4. The molecular formula is C13H11Cl2N3O5S2. The van der Waals surface area contributed by atoms with Crippen molar-refractivity contribution in [1.82, 2.24) is 4.72 Å². The summed E-state index contributed by atoms with van der Waals surface area (Å²) in [5.41, 5.74) is 0.480. The van der Waals surface area contributed by atoms with Gasteiger partial charge in [-0.3, -0.25) is 4.79 Å². The molecule has 2 aromatic rings. The van der Waals surface area contributed by atoms with E-state index >= 15 is 0 Å². The molecule has 0 aliphatic carbocycles. The fraction of sp³-hybridized carbons (Fsp3) is 0. The molecule has 0 aliphatic rings. The number of primary sulfonamides is 1. The van der Waals surface area contributed by atoms with E-state index in [0.29, 0.717) is 5.56 Å².